The van der Waals surface area contributed by atoms with Crippen molar-refractivity contribution in [3.8, 4) is 0 Å². The Morgan fingerprint density at radius 3 is 3.00 bits per heavy atom. The Hall–Kier alpha value is -0.920. The summed E-state index contributed by atoms with van der Waals surface area (Å²) >= 11 is 0. The van der Waals surface area contributed by atoms with Gasteiger partial charge in [-0.15, -0.1) is 0 Å². The molecule has 0 aliphatic heterocycles. The van der Waals surface area contributed by atoms with Gasteiger partial charge in [-0.25, -0.2) is 9.97 Å². The van der Waals surface area contributed by atoms with E-state index in [2.05, 4.69) is 9.97 Å². The van der Waals surface area contributed by atoms with Crippen LogP contribution < -0.4 is 0 Å². The molecule has 1 aromatic rings. The average Bonchev–Trinajstić information content (AvgIpc) is 2.85. The fourth-order valence-electron chi connectivity index (χ4n) is 2.20. The molecule has 0 saturated heterocycles. The van der Waals surface area contributed by atoms with E-state index in [4.69, 9.17) is 0 Å². The second-order valence-electron chi connectivity index (χ2n) is 4.17. The number of hydrogen-bond donors (Lipinski definition) is 0. The Balaban J connectivity index is 2.01. The predicted molar refractivity (Wildman–Crippen MR) is 45.7 cm³/mol. The summed E-state index contributed by atoms with van der Waals surface area (Å²) < 4.78 is 0. The van der Waals surface area contributed by atoms with Crippen LogP contribution in [0.3, 0.4) is 0 Å². The third-order valence-electron chi connectivity index (χ3n) is 3.31. The van der Waals surface area contributed by atoms with Crippen molar-refractivity contribution >= 4 is 0 Å². The molecule has 1 spiro atoms. The summed E-state index contributed by atoms with van der Waals surface area (Å²) in [6.45, 7) is 0. The summed E-state index contributed by atoms with van der Waals surface area (Å²) in [5.74, 6) is 0. The summed E-state index contributed by atoms with van der Waals surface area (Å²) in [4.78, 5) is 8.40. The molecule has 2 aliphatic rings. The molecule has 3 rings (SSSR count). The minimum absolute atomic E-state index is 0.682. The first-order valence-electron chi connectivity index (χ1n) is 4.66. The molecular weight excluding hydrogens is 148 g/mol. The topological polar surface area (TPSA) is 25.8 Å². The van der Waals surface area contributed by atoms with Gasteiger partial charge in [0.25, 0.3) is 0 Å². The van der Waals surface area contributed by atoms with Gasteiger partial charge in [0.1, 0.15) is 6.33 Å². The van der Waals surface area contributed by atoms with E-state index in [-0.39, 0.29) is 0 Å². The summed E-state index contributed by atoms with van der Waals surface area (Å²) in [6, 6.07) is 0. The van der Waals surface area contributed by atoms with Crippen molar-refractivity contribution in [1.82, 2.24) is 9.97 Å². The Kier molecular flexibility index (Phi) is 1.13. The van der Waals surface area contributed by atoms with Crippen molar-refractivity contribution in [2.24, 2.45) is 5.41 Å². The second-order valence-corrected chi connectivity index (χ2v) is 4.17. The van der Waals surface area contributed by atoms with E-state index in [0.717, 1.165) is 0 Å². The number of aromatic nitrogens is 2. The van der Waals surface area contributed by atoms with Crippen LogP contribution in [-0.4, -0.2) is 9.97 Å². The van der Waals surface area contributed by atoms with Gasteiger partial charge in [0.2, 0.25) is 0 Å². The SMILES string of the molecule is c1ncc2c(n1)CC1(CC2)CC1. The number of nitrogens with zero attached hydrogens (tertiary/aromatic N) is 2. The number of fused-ring (bicyclic) bond motifs is 1. The lowest BCUT2D eigenvalue weighted by Crippen LogP contribution is -2.16. The predicted octanol–water partition coefficient (Wildman–Crippen LogP) is 1.75. The molecule has 62 valence electrons. The monoisotopic (exact) mass is 160 g/mol. The Morgan fingerprint density at radius 1 is 1.25 bits per heavy atom. The van der Waals surface area contributed by atoms with Crippen LogP contribution in [0.4, 0.5) is 0 Å². The van der Waals surface area contributed by atoms with Crippen LogP contribution in [0.25, 0.3) is 0 Å². The Morgan fingerprint density at radius 2 is 2.17 bits per heavy atom. The molecule has 0 unspecified atom stereocenters. The molecular formula is C10H12N2. The molecule has 0 atom stereocenters. The molecule has 1 fully saturated rings. The van der Waals surface area contributed by atoms with E-state index in [1.165, 1.54) is 43.4 Å². The highest BCUT2D eigenvalue weighted by Crippen LogP contribution is 2.54. The molecule has 1 saturated carbocycles. The standard InChI is InChI=1S/C10H12N2/c1-2-10(3-4-10)5-9-8(1)6-11-7-12-9/h6-7H,1-5H2. The molecule has 2 nitrogen and oxygen atoms in total. The lowest BCUT2D eigenvalue weighted by Gasteiger charge is -2.22. The maximum atomic E-state index is 4.34. The molecule has 0 N–H and O–H groups in total. The van der Waals surface area contributed by atoms with Gasteiger partial charge in [0.15, 0.2) is 0 Å². The largest absolute Gasteiger partial charge is 0.245 e. The number of aryl methyl sites for hydroxylation is 1. The molecule has 0 radical (unpaired) electrons. The van der Waals surface area contributed by atoms with Crippen LogP contribution in [0.1, 0.15) is 30.5 Å². The third-order valence-corrected chi connectivity index (χ3v) is 3.31. The Labute approximate surface area is 72.0 Å². The summed E-state index contributed by atoms with van der Waals surface area (Å²) in [6.07, 6.45) is 10.3. The van der Waals surface area contributed by atoms with Gasteiger partial charge >= 0.3 is 0 Å². The summed E-state index contributed by atoms with van der Waals surface area (Å²) in [5.41, 5.74) is 3.38. The van der Waals surface area contributed by atoms with Crippen molar-refractivity contribution < 1.29 is 0 Å². The molecule has 2 aliphatic carbocycles. The number of hydrogen-bond acceptors (Lipinski definition) is 2. The van der Waals surface area contributed by atoms with Gasteiger partial charge in [-0.05, 0) is 43.1 Å². The maximum absolute atomic E-state index is 4.34. The van der Waals surface area contributed by atoms with Gasteiger partial charge in [-0.3, -0.25) is 0 Å². The first kappa shape index (κ1) is 6.58. The summed E-state index contributed by atoms with van der Waals surface area (Å²) in [5, 5.41) is 0. The average molecular weight is 160 g/mol. The first-order chi connectivity index (χ1) is 5.88. The fraction of sp³-hybridized carbons (Fsp3) is 0.600. The van der Waals surface area contributed by atoms with Gasteiger partial charge in [-0.2, -0.15) is 0 Å². The molecule has 0 bridgehead atoms. The number of rotatable bonds is 0. The highest BCUT2D eigenvalue weighted by atomic mass is 14.8. The molecule has 1 aromatic heterocycles. The molecule has 12 heavy (non-hydrogen) atoms. The molecule has 1 heterocycles. The first-order valence-corrected chi connectivity index (χ1v) is 4.66. The minimum Gasteiger partial charge on any atom is -0.245 e. The van der Waals surface area contributed by atoms with Gasteiger partial charge in [-0.1, -0.05) is 0 Å². The molecule has 2 heteroatoms. The molecule has 0 aromatic carbocycles. The summed E-state index contributed by atoms with van der Waals surface area (Å²) in [7, 11) is 0. The zero-order valence-electron chi connectivity index (χ0n) is 7.08. The van der Waals surface area contributed by atoms with Gasteiger partial charge in [0, 0.05) is 11.9 Å². The smallest absolute Gasteiger partial charge is 0.115 e. The quantitative estimate of drug-likeness (QED) is 0.577. The normalized spacial score (nSPS) is 23.7. The van der Waals surface area contributed by atoms with Crippen molar-refractivity contribution in [2.75, 3.05) is 0 Å². The van der Waals surface area contributed by atoms with E-state index in [1.807, 2.05) is 6.20 Å². The minimum atomic E-state index is 0.682. The van der Waals surface area contributed by atoms with Gasteiger partial charge in [0.05, 0.1) is 0 Å². The van der Waals surface area contributed by atoms with Gasteiger partial charge < -0.3 is 0 Å². The van der Waals surface area contributed by atoms with Crippen LogP contribution in [0, 0.1) is 5.41 Å². The lowest BCUT2D eigenvalue weighted by molar-refractivity contribution is 0.429. The highest BCUT2D eigenvalue weighted by molar-refractivity contribution is 5.23. The third kappa shape index (κ3) is 0.872. The van der Waals surface area contributed by atoms with Crippen LogP contribution in [-0.2, 0) is 12.8 Å². The van der Waals surface area contributed by atoms with Crippen molar-refractivity contribution in [2.45, 2.75) is 32.1 Å². The lowest BCUT2D eigenvalue weighted by atomic mass is 9.85. The molecule has 0 amide bonds. The van der Waals surface area contributed by atoms with Crippen LogP contribution in [0.15, 0.2) is 12.5 Å². The maximum Gasteiger partial charge on any atom is 0.115 e. The highest BCUT2D eigenvalue weighted by Gasteiger charge is 2.44. The van der Waals surface area contributed by atoms with E-state index in [1.54, 1.807) is 6.33 Å². The fourth-order valence-corrected chi connectivity index (χ4v) is 2.20. The van der Waals surface area contributed by atoms with Crippen molar-refractivity contribution in [1.29, 1.82) is 0 Å². The van der Waals surface area contributed by atoms with Crippen molar-refractivity contribution in [3.63, 3.8) is 0 Å². The van der Waals surface area contributed by atoms with E-state index in [9.17, 15) is 0 Å². The van der Waals surface area contributed by atoms with Crippen LogP contribution in [0.2, 0.25) is 0 Å². The zero-order valence-corrected chi connectivity index (χ0v) is 7.08. The zero-order chi connectivity index (χ0) is 8.02. The van der Waals surface area contributed by atoms with E-state index >= 15 is 0 Å². The van der Waals surface area contributed by atoms with Crippen LogP contribution >= 0.6 is 0 Å². The van der Waals surface area contributed by atoms with E-state index in [0.29, 0.717) is 5.41 Å². The second kappa shape index (κ2) is 2.06. The van der Waals surface area contributed by atoms with E-state index < -0.39 is 0 Å². The van der Waals surface area contributed by atoms with Crippen LogP contribution in [0.5, 0.6) is 0 Å². The Bertz CT molecular complexity index is 315. The van der Waals surface area contributed by atoms with Crippen molar-refractivity contribution in [3.05, 3.63) is 23.8 Å².